The molecular formula is C15H23NO2. The van der Waals surface area contributed by atoms with Gasteiger partial charge in [0.05, 0.1) is 0 Å². The van der Waals surface area contributed by atoms with Crippen LogP contribution in [0.25, 0.3) is 0 Å². The minimum absolute atomic E-state index is 0.185. The number of aryl methyl sites for hydroxylation is 1. The summed E-state index contributed by atoms with van der Waals surface area (Å²) in [7, 11) is 0. The van der Waals surface area contributed by atoms with Crippen molar-refractivity contribution < 1.29 is 9.90 Å². The summed E-state index contributed by atoms with van der Waals surface area (Å²) in [6.45, 7) is 5.77. The van der Waals surface area contributed by atoms with E-state index in [2.05, 4.69) is 36.5 Å². The monoisotopic (exact) mass is 249 g/mol. The van der Waals surface area contributed by atoms with E-state index < -0.39 is 5.97 Å². The summed E-state index contributed by atoms with van der Waals surface area (Å²) >= 11 is 0. The summed E-state index contributed by atoms with van der Waals surface area (Å²) in [5, 5.41) is 11.9. The molecule has 3 heteroatoms. The van der Waals surface area contributed by atoms with Crippen LogP contribution in [-0.2, 0) is 17.6 Å². The van der Waals surface area contributed by atoms with Gasteiger partial charge in [0.15, 0.2) is 0 Å². The molecule has 0 heterocycles. The minimum atomic E-state index is -0.723. The van der Waals surface area contributed by atoms with Crippen molar-refractivity contribution in [1.82, 2.24) is 5.32 Å². The lowest BCUT2D eigenvalue weighted by atomic mass is 10.1. The molecule has 0 fully saturated rings. The molecule has 18 heavy (non-hydrogen) atoms. The second kappa shape index (κ2) is 7.88. The number of benzene rings is 1. The first-order chi connectivity index (χ1) is 8.61. The van der Waals surface area contributed by atoms with Gasteiger partial charge in [-0.1, -0.05) is 38.1 Å². The Morgan fingerprint density at radius 1 is 1.28 bits per heavy atom. The Morgan fingerprint density at radius 3 is 2.44 bits per heavy atom. The summed E-state index contributed by atoms with van der Waals surface area (Å²) in [6, 6.07) is 8.67. The van der Waals surface area contributed by atoms with E-state index in [4.69, 9.17) is 5.11 Å². The quantitative estimate of drug-likeness (QED) is 0.696. The third-order valence-corrected chi connectivity index (χ3v) is 3.04. The summed E-state index contributed by atoms with van der Waals surface area (Å²) in [6.07, 6.45) is 2.30. The van der Waals surface area contributed by atoms with E-state index in [0.717, 1.165) is 25.9 Å². The lowest BCUT2D eigenvalue weighted by Crippen LogP contribution is -2.24. The fourth-order valence-electron chi connectivity index (χ4n) is 1.89. The maximum Gasteiger partial charge on any atom is 0.303 e. The molecule has 0 spiro atoms. The molecule has 0 aliphatic heterocycles. The lowest BCUT2D eigenvalue weighted by molar-refractivity contribution is -0.137. The molecule has 100 valence electrons. The molecule has 0 saturated heterocycles. The van der Waals surface area contributed by atoms with E-state index in [9.17, 15) is 4.79 Å². The summed E-state index contributed by atoms with van der Waals surface area (Å²) < 4.78 is 0. The van der Waals surface area contributed by atoms with Gasteiger partial charge in [-0.2, -0.15) is 0 Å². The van der Waals surface area contributed by atoms with Gasteiger partial charge in [-0.25, -0.2) is 0 Å². The van der Waals surface area contributed by atoms with Crippen molar-refractivity contribution in [1.29, 1.82) is 0 Å². The van der Waals surface area contributed by atoms with Crippen LogP contribution < -0.4 is 5.32 Å². The number of hydrogen-bond acceptors (Lipinski definition) is 2. The van der Waals surface area contributed by atoms with Crippen LogP contribution in [-0.4, -0.2) is 24.2 Å². The first kappa shape index (κ1) is 14.7. The Balaban J connectivity index is 2.19. The van der Waals surface area contributed by atoms with Crippen molar-refractivity contribution in [3.05, 3.63) is 35.4 Å². The highest BCUT2D eigenvalue weighted by Gasteiger charge is 2.06. The Bertz CT molecular complexity index is 359. The van der Waals surface area contributed by atoms with Crippen LogP contribution in [0.4, 0.5) is 0 Å². The standard InChI is InChI=1S/C15H23NO2/c1-3-13-4-6-14(7-5-13)8-9-16-11-12(2)10-15(17)18/h4-7,12,16H,3,8-11H2,1-2H3,(H,17,18). The van der Waals surface area contributed by atoms with Gasteiger partial charge in [0.25, 0.3) is 0 Å². The molecule has 1 aromatic rings. The molecule has 0 bridgehead atoms. The fraction of sp³-hybridized carbons (Fsp3) is 0.533. The highest BCUT2D eigenvalue weighted by atomic mass is 16.4. The minimum Gasteiger partial charge on any atom is -0.481 e. The average molecular weight is 249 g/mol. The number of carboxylic acids is 1. The van der Waals surface area contributed by atoms with Crippen LogP contribution in [0.2, 0.25) is 0 Å². The van der Waals surface area contributed by atoms with Crippen LogP contribution in [0.5, 0.6) is 0 Å². The van der Waals surface area contributed by atoms with Crippen LogP contribution in [0, 0.1) is 5.92 Å². The first-order valence-corrected chi connectivity index (χ1v) is 6.62. The molecule has 1 aromatic carbocycles. The van der Waals surface area contributed by atoms with Crippen LogP contribution in [0.15, 0.2) is 24.3 Å². The Hall–Kier alpha value is -1.35. The third kappa shape index (κ3) is 5.82. The van der Waals surface area contributed by atoms with Gasteiger partial charge in [-0.3, -0.25) is 4.79 Å². The molecule has 0 radical (unpaired) electrons. The number of carbonyl (C=O) groups is 1. The van der Waals surface area contributed by atoms with E-state index in [1.807, 2.05) is 6.92 Å². The molecule has 1 atom stereocenters. The molecule has 0 amide bonds. The molecule has 0 saturated carbocycles. The second-order valence-electron chi connectivity index (χ2n) is 4.83. The zero-order valence-electron chi connectivity index (χ0n) is 11.3. The van der Waals surface area contributed by atoms with Gasteiger partial charge in [-0.15, -0.1) is 0 Å². The van der Waals surface area contributed by atoms with Crippen molar-refractivity contribution >= 4 is 5.97 Å². The van der Waals surface area contributed by atoms with Crippen molar-refractivity contribution in [2.75, 3.05) is 13.1 Å². The molecule has 0 aliphatic rings. The van der Waals surface area contributed by atoms with E-state index in [-0.39, 0.29) is 12.3 Å². The zero-order valence-corrected chi connectivity index (χ0v) is 11.3. The summed E-state index contributed by atoms with van der Waals surface area (Å²) in [5.41, 5.74) is 2.69. The van der Waals surface area contributed by atoms with Gasteiger partial charge in [0.1, 0.15) is 0 Å². The first-order valence-electron chi connectivity index (χ1n) is 6.62. The number of carboxylic acid groups (broad SMARTS) is 1. The molecule has 2 N–H and O–H groups in total. The Kier molecular flexibility index (Phi) is 6.44. The average Bonchev–Trinajstić information content (AvgIpc) is 2.34. The van der Waals surface area contributed by atoms with Crippen molar-refractivity contribution in [3.8, 4) is 0 Å². The number of aliphatic carboxylic acids is 1. The topological polar surface area (TPSA) is 49.3 Å². The third-order valence-electron chi connectivity index (χ3n) is 3.04. The number of rotatable bonds is 8. The van der Waals surface area contributed by atoms with Crippen molar-refractivity contribution in [2.45, 2.75) is 33.1 Å². The zero-order chi connectivity index (χ0) is 13.4. The van der Waals surface area contributed by atoms with E-state index in [1.165, 1.54) is 11.1 Å². The van der Waals surface area contributed by atoms with Crippen LogP contribution >= 0.6 is 0 Å². The van der Waals surface area contributed by atoms with Crippen LogP contribution in [0.1, 0.15) is 31.4 Å². The molecule has 0 aliphatic carbocycles. The largest absolute Gasteiger partial charge is 0.481 e. The molecular weight excluding hydrogens is 226 g/mol. The van der Waals surface area contributed by atoms with E-state index in [0.29, 0.717) is 0 Å². The normalized spacial score (nSPS) is 12.3. The maximum atomic E-state index is 10.5. The van der Waals surface area contributed by atoms with E-state index >= 15 is 0 Å². The van der Waals surface area contributed by atoms with Gasteiger partial charge in [-0.05, 0) is 43.0 Å². The molecule has 0 aromatic heterocycles. The van der Waals surface area contributed by atoms with Crippen LogP contribution in [0.3, 0.4) is 0 Å². The van der Waals surface area contributed by atoms with Gasteiger partial charge in [0.2, 0.25) is 0 Å². The van der Waals surface area contributed by atoms with Crippen molar-refractivity contribution in [3.63, 3.8) is 0 Å². The van der Waals surface area contributed by atoms with E-state index in [1.54, 1.807) is 0 Å². The maximum absolute atomic E-state index is 10.5. The summed E-state index contributed by atoms with van der Waals surface area (Å²) in [4.78, 5) is 10.5. The number of hydrogen-bond donors (Lipinski definition) is 2. The van der Waals surface area contributed by atoms with Gasteiger partial charge in [0, 0.05) is 6.42 Å². The van der Waals surface area contributed by atoms with Gasteiger partial charge >= 0.3 is 5.97 Å². The number of nitrogens with one attached hydrogen (secondary N) is 1. The van der Waals surface area contributed by atoms with Crippen molar-refractivity contribution in [2.24, 2.45) is 5.92 Å². The predicted octanol–water partition coefficient (Wildman–Crippen LogP) is 2.49. The Morgan fingerprint density at radius 2 is 1.89 bits per heavy atom. The fourth-order valence-corrected chi connectivity index (χ4v) is 1.89. The molecule has 3 nitrogen and oxygen atoms in total. The predicted molar refractivity (Wildman–Crippen MR) is 73.8 cm³/mol. The summed E-state index contributed by atoms with van der Waals surface area (Å²) in [5.74, 6) is -0.538. The SMILES string of the molecule is CCc1ccc(CCNCC(C)CC(=O)O)cc1. The molecule has 1 unspecified atom stereocenters. The highest BCUT2D eigenvalue weighted by molar-refractivity contribution is 5.66. The molecule has 1 rings (SSSR count). The Labute approximate surface area is 109 Å². The lowest BCUT2D eigenvalue weighted by Gasteiger charge is -2.10. The van der Waals surface area contributed by atoms with Gasteiger partial charge < -0.3 is 10.4 Å². The smallest absolute Gasteiger partial charge is 0.303 e. The second-order valence-corrected chi connectivity index (χ2v) is 4.83. The highest BCUT2D eigenvalue weighted by Crippen LogP contribution is 2.05.